The third-order valence-electron chi connectivity index (χ3n) is 2.15. The lowest BCUT2D eigenvalue weighted by Gasteiger charge is -2.07. The number of para-hydroxylation sites is 2. The van der Waals surface area contributed by atoms with E-state index in [0.29, 0.717) is 18.0 Å². The van der Waals surface area contributed by atoms with Crippen molar-refractivity contribution in [2.24, 2.45) is 0 Å². The number of aryl methyl sites for hydroxylation is 1. The fraction of sp³-hybridized carbons (Fsp3) is 0.167. The van der Waals surface area contributed by atoms with Gasteiger partial charge in [-0.1, -0.05) is 12.1 Å². The number of anilines is 1. The molecule has 0 radical (unpaired) electrons. The lowest BCUT2D eigenvalue weighted by Crippen LogP contribution is -2.01. The second-order valence-corrected chi connectivity index (χ2v) is 3.48. The third-order valence-corrected chi connectivity index (χ3v) is 2.15. The fourth-order valence-corrected chi connectivity index (χ4v) is 1.35. The molecule has 0 unspecified atom stereocenters. The molecule has 0 bridgehead atoms. The Balaban J connectivity index is 2.05. The fourth-order valence-electron chi connectivity index (χ4n) is 1.35. The highest BCUT2D eigenvalue weighted by molar-refractivity contribution is 5.51. The molecule has 0 atom stereocenters. The minimum Gasteiger partial charge on any atom is -0.485 e. The zero-order valence-electron chi connectivity index (χ0n) is 9.05. The van der Waals surface area contributed by atoms with Crippen LogP contribution in [0.5, 0.6) is 5.75 Å². The summed E-state index contributed by atoms with van der Waals surface area (Å²) in [4.78, 5) is 8.13. The number of hydrogen-bond donors (Lipinski definition) is 1. The van der Waals surface area contributed by atoms with Gasteiger partial charge in [0.25, 0.3) is 0 Å². The Bertz CT molecular complexity index is 485. The first kappa shape index (κ1) is 10.4. The van der Waals surface area contributed by atoms with Gasteiger partial charge in [0.1, 0.15) is 18.7 Å². The number of nitrogens with zero attached hydrogens (tertiary/aromatic N) is 2. The van der Waals surface area contributed by atoms with Crippen LogP contribution in [0.25, 0.3) is 0 Å². The average Bonchev–Trinajstić information content (AvgIpc) is 2.28. The number of nitrogens with two attached hydrogens (primary N) is 1. The average molecular weight is 215 g/mol. The van der Waals surface area contributed by atoms with Gasteiger partial charge in [0, 0.05) is 5.69 Å². The molecular weight excluding hydrogens is 202 g/mol. The first-order valence-corrected chi connectivity index (χ1v) is 5.00. The van der Waals surface area contributed by atoms with Gasteiger partial charge in [0.2, 0.25) is 0 Å². The second-order valence-electron chi connectivity index (χ2n) is 3.48. The van der Waals surface area contributed by atoms with Crippen molar-refractivity contribution in [1.82, 2.24) is 9.97 Å². The van der Waals surface area contributed by atoms with E-state index in [-0.39, 0.29) is 0 Å². The van der Waals surface area contributed by atoms with E-state index in [4.69, 9.17) is 10.5 Å². The number of benzene rings is 1. The summed E-state index contributed by atoms with van der Waals surface area (Å²) >= 11 is 0. The highest BCUT2D eigenvalue weighted by Crippen LogP contribution is 2.20. The first-order chi connectivity index (χ1) is 7.75. The molecule has 2 aromatic rings. The molecule has 0 aliphatic heterocycles. The maximum Gasteiger partial charge on any atom is 0.142 e. The Morgan fingerprint density at radius 2 is 2.06 bits per heavy atom. The molecule has 0 aliphatic carbocycles. The molecule has 1 aromatic carbocycles. The SMILES string of the molecule is Cc1cc(COc2ccccc2N)ncn1. The smallest absolute Gasteiger partial charge is 0.142 e. The van der Waals surface area contributed by atoms with Crippen LogP contribution in [0.1, 0.15) is 11.4 Å². The molecule has 0 saturated carbocycles. The summed E-state index contributed by atoms with van der Waals surface area (Å²) in [7, 11) is 0. The Kier molecular flexibility index (Phi) is 3.00. The van der Waals surface area contributed by atoms with Gasteiger partial charge in [-0.2, -0.15) is 0 Å². The largest absolute Gasteiger partial charge is 0.485 e. The molecule has 0 amide bonds. The maximum absolute atomic E-state index is 5.76. The summed E-state index contributed by atoms with van der Waals surface area (Å²) in [5.41, 5.74) is 8.16. The first-order valence-electron chi connectivity index (χ1n) is 5.00. The molecule has 4 heteroatoms. The van der Waals surface area contributed by atoms with Crippen LogP contribution >= 0.6 is 0 Å². The minimum absolute atomic E-state index is 0.400. The third kappa shape index (κ3) is 2.48. The van der Waals surface area contributed by atoms with Crippen molar-refractivity contribution in [2.45, 2.75) is 13.5 Å². The van der Waals surface area contributed by atoms with Crippen LogP contribution in [0.2, 0.25) is 0 Å². The molecule has 0 saturated heterocycles. The standard InChI is InChI=1S/C12H13N3O/c1-9-6-10(15-8-14-9)7-16-12-5-3-2-4-11(12)13/h2-6,8H,7,13H2,1H3. The van der Waals surface area contributed by atoms with Gasteiger partial charge in [0.05, 0.1) is 11.4 Å². The Labute approximate surface area is 94.1 Å². The van der Waals surface area contributed by atoms with E-state index in [1.807, 2.05) is 31.2 Å². The lowest BCUT2D eigenvalue weighted by molar-refractivity contribution is 0.302. The number of ether oxygens (including phenoxy) is 1. The van der Waals surface area contributed by atoms with Crippen LogP contribution < -0.4 is 10.5 Å². The number of aromatic nitrogens is 2. The summed E-state index contributed by atoms with van der Waals surface area (Å²) in [6, 6.07) is 9.29. The highest BCUT2D eigenvalue weighted by atomic mass is 16.5. The van der Waals surface area contributed by atoms with Crippen molar-refractivity contribution in [3.05, 3.63) is 48.0 Å². The van der Waals surface area contributed by atoms with Gasteiger partial charge in [0.15, 0.2) is 0 Å². The molecule has 0 fully saturated rings. The summed E-state index contributed by atoms with van der Waals surface area (Å²) in [5, 5.41) is 0. The summed E-state index contributed by atoms with van der Waals surface area (Å²) < 4.78 is 5.56. The van der Waals surface area contributed by atoms with Crippen LogP contribution in [0, 0.1) is 6.92 Å². The summed E-state index contributed by atoms with van der Waals surface area (Å²) in [6.45, 7) is 2.32. The van der Waals surface area contributed by atoms with Gasteiger partial charge >= 0.3 is 0 Å². The Hall–Kier alpha value is -2.10. The minimum atomic E-state index is 0.400. The molecule has 16 heavy (non-hydrogen) atoms. The summed E-state index contributed by atoms with van der Waals surface area (Å²) in [6.07, 6.45) is 1.53. The molecule has 4 nitrogen and oxygen atoms in total. The Morgan fingerprint density at radius 3 is 2.81 bits per heavy atom. The van der Waals surface area contributed by atoms with E-state index in [2.05, 4.69) is 9.97 Å². The molecule has 2 N–H and O–H groups in total. The lowest BCUT2D eigenvalue weighted by atomic mass is 10.3. The van der Waals surface area contributed by atoms with E-state index in [0.717, 1.165) is 11.4 Å². The van der Waals surface area contributed by atoms with Crippen LogP contribution in [0.15, 0.2) is 36.7 Å². The second kappa shape index (κ2) is 4.61. The molecule has 1 aromatic heterocycles. The van der Waals surface area contributed by atoms with Crippen molar-refractivity contribution >= 4 is 5.69 Å². The monoisotopic (exact) mass is 215 g/mol. The molecule has 0 spiro atoms. The van der Waals surface area contributed by atoms with Crippen LogP contribution in [-0.4, -0.2) is 9.97 Å². The van der Waals surface area contributed by atoms with Crippen molar-refractivity contribution in [3.63, 3.8) is 0 Å². The van der Waals surface area contributed by atoms with E-state index >= 15 is 0 Å². The van der Waals surface area contributed by atoms with Crippen molar-refractivity contribution in [2.75, 3.05) is 5.73 Å². The van der Waals surface area contributed by atoms with Crippen LogP contribution in [-0.2, 0) is 6.61 Å². The summed E-state index contributed by atoms with van der Waals surface area (Å²) in [5.74, 6) is 0.679. The van der Waals surface area contributed by atoms with E-state index < -0.39 is 0 Å². The van der Waals surface area contributed by atoms with E-state index in [1.54, 1.807) is 6.07 Å². The van der Waals surface area contributed by atoms with Crippen molar-refractivity contribution < 1.29 is 4.74 Å². The van der Waals surface area contributed by atoms with E-state index in [1.165, 1.54) is 6.33 Å². The number of hydrogen-bond acceptors (Lipinski definition) is 4. The van der Waals surface area contributed by atoms with Crippen LogP contribution in [0.4, 0.5) is 5.69 Å². The normalized spacial score (nSPS) is 10.1. The zero-order chi connectivity index (χ0) is 11.4. The number of nitrogen functional groups attached to an aromatic ring is 1. The van der Waals surface area contributed by atoms with Gasteiger partial charge in [-0.15, -0.1) is 0 Å². The van der Waals surface area contributed by atoms with Gasteiger partial charge in [-0.3, -0.25) is 0 Å². The van der Waals surface area contributed by atoms with Gasteiger partial charge in [-0.25, -0.2) is 9.97 Å². The molecule has 1 heterocycles. The van der Waals surface area contributed by atoms with E-state index in [9.17, 15) is 0 Å². The van der Waals surface area contributed by atoms with Gasteiger partial charge in [-0.05, 0) is 25.1 Å². The number of rotatable bonds is 3. The quantitative estimate of drug-likeness (QED) is 0.795. The predicted octanol–water partition coefficient (Wildman–Crippen LogP) is 1.95. The van der Waals surface area contributed by atoms with Crippen molar-refractivity contribution in [1.29, 1.82) is 0 Å². The topological polar surface area (TPSA) is 61.0 Å². The molecular formula is C12H13N3O. The Morgan fingerprint density at radius 1 is 1.25 bits per heavy atom. The zero-order valence-corrected chi connectivity index (χ0v) is 9.05. The molecule has 2 rings (SSSR count). The molecule has 82 valence electrons. The van der Waals surface area contributed by atoms with Gasteiger partial charge < -0.3 is 10.5 Å². The molecule has 0 aliphatic rings. The van der Waals surface area contributed by atoms with Crippen molar-refractivity contribution in [3.8, 4) is 5.75 Å². The highest BCUT2D eigenvalue weighted by Gasteiger charge is 2.00. The maximum atomic E-state index is 5.76. The van der Waals surface area contributed by atoms with Crippen LogP contribution in [0.3, 0.4) is 0 Å². The predicted molar refractivity (Wildman–Crippen MR) is 62.0 cm³/mol.